The number of nitrogens with one attached hydrogen (secondary N) is 2. The maximum absolute atomic E-state index is 13.9. The Morgan fingerprint density at radius 2 is 1.96 bits per heavy atom. The van der Waals surface area contributed by atoms with Crippen molar-refractivity contribution >= 4 is 5.96 Å². The Morgan fingerprint density at radius 1 is 1.23 bits per heavy atom. The topological polar surface area (TPSA) is 48.9 Å². The average Bonchev–Trinajstić information content (AvgIpc) is 2.65. The number of guanidine groups is 1. The lowest BCUT2D eigenvalue weighted by atomic mass is 9.98. The van der Waals surface area contributed by atoms with E-state index in [1.165, 1.54) is 25.3 Å². The molecule has 1 fully saturated rings. The van der Waals surface area contributed by atoms with E-state index < -0.39 is 0 Å². The van der Waals surface area contributed by atoms with Crippen molar-refractivity contribution in [3.63, 3.8) is 0 Å². The summed E-state index contributed by atoms with van der Waals surface area (Å²) in [6.07, 6.45) is 3.89. The summed E-state index contributed by atoms with van der Waals surface area (Å²) in [7, 11) is 1.75. The van der Waals surface area contributed by atoms with Crippen molar-refractivity contribution in [1.82, 2.24) is 15.5 Å². The first-order valence-electron chi connectivity index (χ1n) is 9.57. The summed E-state index contributed by atoms with van der Waals surface area (Å²) in [5.41, 5.74) is 0.924. The van der Waals surface area contributed by atoms with Crippen LogP contribution in [0, 0.1) is 5.82 Å². The smallest absolute Gasteiger partial charge is 0.191 e. The highest BCUT2D eigenvalue weighted by Gasteiger charge is 2.27. The molecule has 26 heavy (non-hydrogen) atoms. The van der Waals surface area contributed by atoms with Gasteiger partial charge in [-0.05, 0) is 64.4 Å². The summed E-state index contributed by atoms with van der Waals surface area (Å²) in [6, 6.07) is 5.04. The van der Waals surface area contributed by atoms with Crippen molar-refractivity contribution in [2.75, 3.05) is 33.3 Å². The van der Waals surface area contributed by atoms with Crippen LogP contribution >= 0.6 is 0 Å². The van der Waals surface area contributed by atoms with Gasteiger partial charge in [0, 0.05) is 25.7 Å². The van der Waals surface area contributed by atoms with Gasteiger partial charge in [0.2, 0.25) is 0 Å². The second-order valence-corrected chi connectivity index (χ2v) is 7.34. The first kappa shape index (κ1) is 20.5. The number of hydrogen-bond acceptors (Lipinski definition) is 3. The molecular weight excluding hydrogens is 331 g/mol. The number of benzene rings is 1. The van der Waals surface area contributed by atoms with Gasteiger partial charge in [-0.3, -0.25) is 9.89 Å². The summed E-state index contributed by atoms with van der Waals surface area (Å²) in [4.78, 5) is 6.82. The van der Waals surface area contributed by atoms with Gasteiger partial charge in [-0.2, -0.15) is 0 Å². The first-order valence-corrected chi connectivity index (χ1v) is 9.57. The average molecular weight is 365 g/mol. The Labute approximate surface area is 157 Å². The largest absolute Gasteiger partial charge is 0.491 e. The number of likely N-dealkylation sites (tertiary alicyclic amines) is 1. The van der Waals surface area contributed by atoms with Crippen LogP contribution in [0.4, 0.5) is 4.39 Å². The lowest BCUT2D eigenvalue weighted by molar-refractivity contribution is 0.0982. The first-order chi connectivity index (χ1) is 12.5. The van der Waals surface area contributed by atoms with Crippen molar-refractivity contribution in [2.45, 2.75) is 52.1 Å². The minimum absolute atomic E-state index is 0.0727. The van der Waals surface area contributed by atoms with Gasteiger partial charge in [-0.15, -0.1) is 0 Å². The van der Waals surface area contributed by atoms with Gasteiger partial charge >= 0.3 is 0 Å². The predicted octanol–water partition coefficient (Wildman–Crippen LogP) is 3.15. The van der Waals surface area contributed by atoms with E-state index in [2.05, 4.69) is 34.4 Å². The molecule has 146 valence electrons. The minimum atomic E-state index is -0.333. The molecule has 0 bridgehead atoms. The molecular formula is C20H33FN4O. The molecule has 1 aromatic rings. The maximum atomic E-state index is 13.9. The summed E-state index contributed by atoms with van der Waals surface area (Å²) >= 11 is 0. The summed E-state index contributed by atoms with van der Waals surface area (Å²) in [6.45, 7) is 10.5. The van der Waals surface area contributed by atoms with Gasteiger partial charge in [0.25, 0.3) is 0 Å². The number of halogens is 1. The molecule has 0 saturated carbocycles. The van der Waals surface area contributed by atoms with Crippen LogP contribution in [0.15, 0.2) is 23.2 Å². The molecule has 0 aromatic heterocycles. The molecule has 1 aromatic carbocycles. The molecule has 5 nitrogen and oxygen atoms in total. The molecule has 2 rings (SSSR count). The third-order valence-corrected chi connectivity index (χ3v) is 4.88. The van der Waals surface area contributed by atoms with Crippen LogP contribution in [0.2, 0.25) is 0 Å². The highest BCUT2D eigenvalue weighted by atomic mass is 19.1. The van der Waals surface area contributed by atoms with Crippen LogP contribution in [-0.2, 0) is 6.54 Å². The summed E-state index contributed by atoms with van der Waals surface area (Å²) < 4.78 is 19.2. The van der Waals surface area contributed by atoms with Crippen molar-refractivity contribution in [3.8, 4) is 5.75 Å². The van der Waals surface area contributed by atoms with Gasteiger partial charge in [-0.1, -0.05) is 12.5 Å². The SMILES string of the molecule is CCOc1ccc(CNC(=NC)NCC(C)(C)N2CCCCC2)cc1F. The Morgan fingerprint density at radius 3 is 2.58 bits per heavy atom. The molecule has 0 aliphatic carbocycles. The van der Waals surface area contributed by atoms with E-state index in [4.69, 9.17) is 4.74 Å². The van der Waals surface area contributed by atoms with E-state index in [1.54, 1.807) is 13.1 Å². The summed E-state index contributed by atoms with van der Waals surface area (Å²) in [5, 5.41) is 6.66. The highest BCUT2D eigenvalue weighted by Crippen LogP contribution is 2.20. The molecule has 6 heteroatoms. The number of nitrogens with zero attached hydrogens (tertiary/aromatic N) is 2. The Bertz CT molecular complexity index is 597. The second-order valence-electron chi connectivity index (χ2n) is 7.34. The zero-order valence-electron chi connectivity index (χ0n) is 16.6. The maximum Gasteiger partial charge on any atom is 0.191 e. The quantitative estimate of drug-likeness (QED) is 0.576. The van der Waals surface area contributed by atoms with Crippen LogP contribution in [-0.4, -0.2) is 49.7 Å². The Balaban J connectivity index is 1.84. The fourth-order valence-electron chi connectivity index (χ4n) is 3.24. The fraction of sp³-hybridized carbons (Fsp3) is 0.650. The zero-order chi connectivity index (χ0) is 19.0. The minimum Gasteiger partial charge on any atom is -0.491 e. The standard InChI is InChI=1S/C20H33FN4O/c1-5-26-18-10-9-16(13-17(18)21)14-23-19(22-4)24-15-20(2,3)25-11-7-6-8-12-25/h9-10,13H,5-8,11-12,14-15H2,1-4H3,(H2,22,23,24). The monoisotopic (exact) mass is 364 g/mol. The fourth-order valence-corrected chi connectivity index (χ4v) is 3.24. The molecule has 2 N–H and O–H groups in total. The van der Waals surface area contributed by atoms with Crippen LogP contribution in [0.25, 0.3) is 0 Å². The summed E-state index contributed by atoms with van der Waals surface area (Å²) in [5.74, 6) is 0.687. The molecule has 1 aliphatic rings. The number of hydrogen-bond donors (Lipinski definition) is 2. The second kappa shape index (κ2) is 9.76. The zero-order valence-corrected chi connectivity index (χ0v) is 16.6. The van der Waals surface area contributed by atoms with Crippen molar-refractivity contribution in [3.05, 3.63) is 29.6 Å². The molecule has 0 atom stereocenters. The van der Waals surface area contributed by atoms with Crippen LogP contribution in [0.1, 0.15) is 45.6 Å². The van der Waals surface area contributed by atoms with E-state index in [-0.39, 0.29) is 11.4 Å². The van der Waals surface area contributed by atoms with E-state index in [1.807, 2.05) is 13.0 Å². The molecule has 1 saturated heterocycles. The van der Waals surface area contributed by atoms with Gasteiger partial charge in [0.1, 0.15) is 0 Å². The molecule has 1 heterocycles. The number of aliphatic imine (C=N–C) groups is 1. The van der Waals surface area contributed by atoms with Crippen LogP contribution in [0.3, 0.4) is 0 Å². The van der Waals surface area contributed by atoms with E-state index in [0.717, 1.165) is 31.2 Å². The van der Waals surface area contributed by atoms with Gasteiger partial charge in [-0.25, -0.2) is 4.39 Å². The van der Waals surface area contributed by atoms with E-state index >= 15 is 0 Å². The molecule has 0 radical (unpaired) electrons. The molecule has 0 spiro atoms. The van der Waals surface area contributed by atoms with Crippen molar-refractivity contribution in [2.24, 2.45) is 4.99 Å². The van der Waals surface area contributed by atoms with Crippen LogP contribution in [0.5, 0.6) is 5.75 Å². The van der Waals surface area contributed by atoms with Gasteiger partial charge in [0.15, 0.2) is 17.5 Å². The molecule has 0 amide bonds. The van der Waals surface area contributed by atoms with Crippen molar-refractivity contribution in [1.29, 1.82) is 0 Å². The lowest BCUT2D eigenvalue weighted by Gasteiger charge is -2.41. The van der Waals surface area contributed by atoms with E-state index in [9.17, 15) is 4.39 Å². The van der Waals surface area contributed by atoms with Gasteiger partial charge < -0.3 is 15.4 Å². The number of piperidine rings is 1. The molecule has 0 unspecified atom stereocenters. The highest BCUT2D eigenvalue weighted by molar-refractivity contribution is 5.79. The predicted molar refractivity (Wildman–Crippen MR) is 105 cm³/mol. The Kier molecular flexibility index (Phi) is 7.69. The lowest BCUT2D eigenvalue weighted by Crippen LogP contribution is -2.54. The Hall–Kier alpha value is -1.82. The number of ether oxygens (including phenoxy) is 1. The van der Waals surface area contributed by atoms with Gasteiger partial charge in [0.05, 0.1) is 6.61 Å². The third kappa shape index (κ3) is 5.87. The number of rotatable bonds is 7. The third-order valence-electron chi connectivity index (χ3n) is 4.88. The van der Waals surface area contributed by atoms with Crippen molar-refractivity contribution < 1.29 is 9.13 Å². The normalized spacial score (nSPS) is 16.4. The van der Waals surface area contributed by atoms with Crippen LogP contribution < -0.4 is 15.4 Å². The molecule has 1 aliphatic heterocycles. The van der Waals surface area contributed by atoms with E-state index in [0.29, 0.717) is 18.9 Å².